The zero-order valence-electron chi connectivity index (χ0n) is 17.4. The van der Waals surface area contributed by atoms with Crippen molar-refractivity contribution in [3.05, 3.63) is 83.1 Å². The van der Waals surface area contributed by atoms with Gasteiger partial charge in [-0.25, -0.2) is 14.2 Å². The third-order valence-corrected chi connectivity index (χ3v) is 5.66. The van der Waals surface area contributed by atoms with Crippen molar-refractivity contribution in [3.63, 3.8) is 0 Å². The molecule has 3 aromatic carbocycles. The highest BCUT2D eigenvalue weighted by atomic mass is 35.5. The quantitative estimate of drug-likeness (QED) is 0.235. The van der Waals surface area contributed by atoms with E-state index < -0.39 is 11.8 Å². The number of aromatic nitrogens is 2. The molecule has 5 rings (SSSR count). The lowest BCUT2D eigenvalue weighted by molar-refractivity contribution is 0.0697. The van der Waals surface area contributed by atoms with Crippen molar-refractivity contribution in [2.75, 3.05) is 17.7 Å². The van der Waals surface area contributed by atoms with Crippen LogP contribution in [0.2, 0.25) is 5.02 Å². The predicted molar refractivity (Wildman–Crippen MR) is 130 cm³/mol. The Bertz CT molecular complexity index is 1530. The van der Waals surface area contributed by atoms with E-state index in [1.165, 1.54) is 12.1 Å². The number of nitrogens with zero attached hydrogens (tertiary/aromatic N) is 1. The van der Waals surface area contributed by atoms with Gasteiger partial charge in [0, 0.05) is 28.8 Å². The molecule has 0 unspecified atom stereocenters. The fourth-order valence-corrected chi connectivity index (χ4v) is 4.06. The van der Waals surface area contributed by atoms with E-state index in [9.17, 15) is 9.18 Å². The number of carboxylic acids is 1. The van der Waals surface area contributed by atoms with Crippen LogP contribution in [0.25, 0.3) is 33.2 Å². The van der Waals surface area contributed by atoms with Gasteiger partial charge in [0.05, 0.1) is 33.5 Å². The molecule has 0 radical (unpaired) electrons. The Labute approximate surface area is 193 Å². The molecule has 0 aliphatic carbocycles. The molecule has 0 bridgehead atoms. The largest absolute Gasteiger partial charge is 0.478 e. The van der Waals surface area contributed by atoms with Crippen LogP contribution in [0, 0.1) is 5.82 Å². The molecule has 2 aromatic heterocycles. The molecule has 0 aliphatic heterocycles. The normalized spacial score (nSPS) is 11.1. The van der Waals surface area contributed by atoms with Gasteiger partial charge in [0.25, 0.3) is 0 Å². The summed E-state index contributed by atoms with van der Waals surface area (Å²) in [6, 6.07) is 18.6. The lowest BCUT2D eigenvalue weighted by Gasteiger charge is -2.14. The Morgan fingerprint density at radius 3 is 2.58 bits per heavy atom. The summed E-state index contributed by atoms with van der Waals surface area (Å²) in [7, 11) is 1.72. The summed E-state index contributed by atoms with van der Waals surface area (Å²) in [4.78, 5) is 19.3. The number of rotatable bonds is 5. The van der Waals surface area contributed by atoms with Crippen LogP contribution < -0.4 is 10.6 Å². The van der Waals surface area contributed by atoms with Crippen LogP contribution in [0.15, 0.2) is 66.7 Å². The van der Waals surface area contributed by atoms with Gasteiger partial charge in [-0.2, -0.15) is 0 Å². The number of hydrogen-bond donors (Lipinski definition) is 4. The molecular weight excluding hydrogens is 443 g/mol. The molecule has 33 heavy (non-hydrogen) atoms. The van der Waals surface area contributed by atoms with E-state index in [0.717, 1.165) is 16.9 Å². The Morgan fingerprint density at radius 1 is 1.09 bits per heavy atom. The lowest BCUT2D eigenvalue weighted by atomic mass is 10.1. The minimum atomic E-state index is -0.985. The number of hydrogen-bond acceptors (Lipinski definition) is 4. The Hall–Kier alpha value is -4.10. The van der Waals surface area contributed by atoms with Crippen LogP contribution in [0.4, 0.5) is 21.5 Å². The number of H-pyrrole nitrogens is 1. The maximum Gasteiger partial charge on any atom is 0.335 e. The third-order valence-electron chi connectivity index (χ3n) is 5.43. The van der Waals surface area contributed by atoms with Gasteiger partial charge in [-0.05, 0) is 54.1 Å². The number of aromatic carboxylic acids is 1. The molecule has 0 saturated heterocycles. The minimum absolute atomic E-state index is 0.205. The predicted octanol–water partition coefficient (Wildman–Crippen LogP) is 6.66. The minimum Gasteiger partial charge on any atom is -0.478 e. The smallest absolute Gasteiger partial charge is 0.335 e. The van der Waals surface area contributed by atoms with E-state index in [2.05, 4.69) is 15.6 Å². The van der Waals surface area contributed by atoms with Crippen molar-refractivity contribution >= 4 is 56.6 Å². The standard InChI is InChI=1S/C25H18ClFN4O2/c1-28-20-11-16(27)10-18-22(20)31-21-12-19(13-5-7-14(8-6-13)25(32)33)30-24(21)23(18)29-17-4-2-3-15(26)9-17/h2-12,28,30H,1H3,(H,29,31)(H,32,33). The van der Waals surface area contributed by atoms with Crippen molar-refractivity contribution < 1.29 is 14.3 Å². The summed E-state index contributed by atoms with van der Waals surface area (Å²) in [5.41, 5.74) is 5.70. The highest BCUT2D eigenvalue weighted by Gasteiger charge is 2.17. The van der Waals surface area contributed by atoms with Gasteiger partial charge in [-0.3, -0.25) is 0 Å². The maximum absolute atomic E-state index is 14.5. The summed E-state index contributed by atoms with van der Waals surface area (Å²) in [6.45, 7) is 0. The van der Waals surface area contributed by atoms with Crippen LogP contribution in [-0.2, 0) is 0 Å². The third kappa shape index (κ3) is 3.83. The average molecular weight is 461 g/mol. The molecule has 5 aromatic rings. The van der Waals surface area contributed by atoms with E-state index in [1.54, 1.807) is 43.4 Å². The van der Waals surface area contributed by atoms with E-state index >= 15 is 0 Å². The second-order valence-electron chi connectivity index (χ2n) is 7.55. The van der Waals surface area contributed by atoms with Gasteiger partial charge >= 0.3 is 5.97 Å². The Balaban J connectivity index is 1.75. The highest BCUT2D eigenvalue weighted by molar-refractivity contribution is 6.30. The van der Waals surface area contributed by atoms with Gasteiger partial charge in [-0.1, -0.05) is 29.8 Å². The topological polar surface area (TPSA) is 90.0 Å². The van der Waals surface area contributed by atoms with Gasteiger partial charge in [0.15, 0.2) is 0 Å². The summed E-state index contributed by atoms with van der Waals surface area (Å²) in [6.07, 6.45) is 0. The molecule has 164 valence electrons. The van der Waals surface area contributed by atoms with Gasteiger partial charge in [0.1, 0.15) is 5.82 Å². The molecule has 2 heterocycles. The van der Waals surface area contributed by atoms with E-state index in [1.807, 2.05) is 18.2 Å². The first kappa shape index (κ1) is 20.8. The number of carbonyl (C=O) groups is 1. The van der Waals surface area contributed by atoms with Gasteiger partial charge in [-0.15, -0.1) is 0 Å². The number of fused-ring (bicyclic) bond motifs is 2. The fraction of sp³-hybridized carbons (Fsp3) is 0.0400. The Kier molecular flexibility index (Phi) is 5.11. The summed E-state index contributed by atoms with van der Waals surface area (Å²) in [5, 5.41) is 16.7. The SMILES string of the molecule is CNc1cc(F)cc2c(Nc3cccc(Cl)c3)c3[nH]c(-c4ccc(C(=O)O)cc4)cc3nc12. The van der Waals surface area contributed by atoms with Gasteiger partial charge in [0.2, 0.25) is 0 Å². The van der Waals surface area contributed by atoms with Crippen molar-refractivity contribution in [1.82, 2.24) is 9.97 Å². The van der Waals surface area contributed by atoms with Crippen LogP contribution in [0.5, 0.6) is 0 Å². The fourth-order valence-electron chi connectivity index (χ4n) is 3.87. The monoisotopic (exact) mass is 460 g/mol. The van der Waals surface area contributed by atoms with Crippen LogP contribution in [-0.4, -0.2) is 28.1 Å². The molecular formula is C25H18ClFN4O2. The number of carboxylic acid groups (broad SMARTS) is 1. The highest BCUT2D eigenvalue weighted by Crippen LogP contribution is 2.38. The van der Waals surface area contributed by atoms with E-state index in [0.29, 0.717) is 38.3 Å². The number of aromatic amines is 1. The van der Waals surface area contributed by atoms with E-state index in [4.69, 9.17) is 21.7 Å². The molecule has 0 spiro atoms. The number of pyridine rings is 1. The molecule has 4 N–H and O–H groups in total. The van der Waals surface area contributed by atoms with Crippen LogP contribution in [0.3, 0.4) is 0 Å². The number of halogens is 2. The van der Waals surface area contributed by atoms with E-state index in [-0.39, 0.29) is 5.56 Å². The number of anilines is 3. The van der Waals surface area contributed by atoms with Crippen LogP contribution >= 0.6 is 11.6 Å². The van der Waals surface area contributed by atoms with Crippen molar-refractivity contribution in [2.24, 2.45) is 0 Å². The first-order valence-corrected chi connectivity index (χ1v) is 10.5. The van der Waals surface area contributed by atoms with Crippen molar-refractivity contribution in [2.45, 2.75) is 0 Å². The zero-order chi connectivity index (χ0) is 23.1. The maximum atomic E-state index is 14.5. The van der Waals surface area contributed by atoms with Crippen molar-refractivity contribution in [1.29, 1.82) is 0 Å². The lowest BCUT2D eigenvalue weighted by Crippen LogP contribution is -1.98. The number of nitrogens with one attached hydrogen (secondary N) is 3. The van der Waals surface area contributed by atoms with Gasteiger partial charge < -0.3 is 20.7 Å². The summed E-state index contributed by atoms with van der Waals surface area (Å²) >= 11 is 6.17. The first-order chi connectivity index (χ1) is 15.9. The molecule has 0 fully saturated rings. The molecule has 0 aliphatic rings. The molecule has 0 amide bonds. The number of benzene rings is 3. The van der Waals surface area contributed by atoms with Crippen molar-refractivity contribution in [3.8, 4) is 11.3 Å². The van der Waals surface area contributed by atoms with Crippen LogP contribution in [0.1, 0.15) is 10.4 Å². The molecule has 0 atom stereocenters. The summed E-state index contributed by atoms with van der Waals surface area (Å²) < 4.78 is 14.5. The first-order valence-electron chi connectivity index (χ1n) is 10.1. The Morgan fingerprint density at radius 2 is 1.88 bits per heavy atom. The second kappa shape index (κ2) is 8.11. The molecule has 6 nitrogen and oxygen atoms in total. The second-order valence-corrected chi connectivity index (χ2v) is 7.98. The summed E-state index contributed by atoms with van der Waals surface area (Å²) in [5.74, 6) is -1.38. The zero-order valence-corrected chi connectivity index (χ0v) is 18.2. The molecule has 8 heteroatoms. The molecule has 0 saturated carbocycles. The average Bonchev–Trinajstić information content (AvgIpc) is 3.23.